The van der Waals surface area contributed by atoms with Crippen molar-refractivity contribution < 1.29 is 4.74 Å². The highest BCUT2D eigenvalue weighted by Crippen LogP contribution is 2.20. The summed E-state index contributed by atoms with van der Waals surface area (Å²) < 4.78 is 5.05. The zero-order valence-electron chi connectivity index (χ0n) is 9.53. The van der Waals surface area contributed by atoms with Crippen LogP contribution in [-0.4, -0.2) is 24.7 Å². The molecule has 0 bridgehead atoms. The normalized spacial score (nSPS) is 11.2. The summed E-state index contributed by atoms with van der Waals surface area (Å²) in [5.74, 6) is 1.74. The summed E-state index contributed by atoms with van der Waals surface area (Å²) in [6, 6.07) is 3.88. The molecule has 0 aliphatic heterocycles. The first-order valence-electron chi connectivity index (χ1n) is 4.69. The van der Waals surface area contributed by atoms with Gasteiger partial charge in [0, 0.05) is 12.6 Å². The number of nitrogens with zero attached hydrogens (tertiary/aromatic N) is 2. The first kappa shape index (κ1) is 10.8. The van der Waals surface area contributed by atoms with E-state index in [-0.39, 0.29) is 5.54 Å². The molecular weight excluding hydrogens is 176 g/mol. The number of aromatic nitrogens is 1. The lowest BCUT2D eigenvalue weighted by atomic mass is 10.1. The second-order valence-corrected chi connectivity index (χ2v) is 4.29. The highest BCUT2D eigenvalue weighted by atomic mass is 16.5. The molecule has 1 rings (SSSR count). The molecule has 1 aromatic heterocycles. The number of hydrogen-bond acceptors (Lipinski definition) is 3. The van der Waals surface area contributed by atoms with Gasteiger partial charge in [-0.05, 0) is 32.9 Å². The van der Waals surface area contributed by atoms with E-state index in [0.717, 1.165) is 11.6 Å². The van der Waals surface area contributed by atoms with Crippen LogP contribution in [0.1, 0.15) is 20.8 Å². The molecule has 0 amide bonds. The Morgan fingerprint density at radius 2 is 1.93 bits per heavy atom. The standard InChI is InChI=1S/C11H18N2O/c1-11(2,3)13(4)10-7-6-9(14-5)8-12-10/h6-8H,1-5H3. The molecule has 0 atom stereocenters. The quantitative estimate of drug-likeness (QED) is 0.722. The Bertz CT molecular complexity index is 287. The van der Waals surface area contributed by atoms with Crippen molar-refractivity contribution >= 4 is 5.82 Å². The number of methoxy groups -OCH3 is 1. The first-order chi connectivity index (χ1) is 6.45. The maximum atomic E-state index is 5.05. The van der Waals surface area contributed by atoms with Crippen molar-refractivity contribution in [1.82, 2.24) is 4.98 Å². The van der Waals surface area contributed by atoms with Gasteiger partial charge >= 0.3 is 0 Å². The molecule has 0 spiro atoms. The summed E-state index contributed by atoms with van der Waals surface area (Å²) in [6.45, 7) is 6.46. The molecule has 0 aromatic carbocycles. The molecule has 0 radical (unpaired) electrons. The van der Waals surface area contributed by atoms with E-state index in [0.29, 0.717) is 0 Å². The predicted molar refractivity (Wildman–Crippen MR) is 58.9 cm³/mol. The topological polar surface area (TPSA) is 25.4 Å². The molecule has 1 heterocycles. The van der Waals surface area contributed by atoms with Crippen LogP contribution in [0.5, 0.6) is 5.75 Å². The van der Waals surface area contributed by atoms with Gasteiger partial charge in [-0.1, -0.05) is 0 Å². The minimum absolute atomic E-state index is 0.0849. The summed E-state index contributed by atoms with van der Waals surface area (Å²) in [6.07, 6.45) is 1.73. The van der Waals surface area contributed by atoms with Crippen molar-refractivity contribution in [2.75, 3.05) is 19.1 Å². The maximum absolute atomic E-state index is 5.05. The van der Waals surface area contributed by atoms with E-state index < -0.39 is 0 Å². The molecule has 0 aliphatic rings. The van der Waals surface area contributed by atoms with Crippen molar-refractivity contribution in [1.29, 1.82) is 0 Å². The zero-order valence-corrected chi connectivity index (χ0v) is 9.53. The summed E-state index contributed by atoms with van der Waals surface area (Å²) in [5, 5.41) is 0. The molecule has 14 heavy (non-hydrogen) atoms. The molecule has 0 fully saturated rings. The van der Waals surface area contributed by atoms with Crippen molar-refractivity contribution in [3.8, 4) is 5.75 Å². The van der Waals surface area contributed by atoms with Crippen LogP contribution in [0, 0.1) is 0 Å². The average molecular weight is 194 g/mol. The molecule has 1 aromatic rings. The Labute approximate surface area is 85.7 Å². The maximum Gasteiger partial charge on any atom is 0.137 e. The number of ether oxygens (including phenoxy) is 1. The molecule has 78 valence electrons. The number of anilines is 1. The van der Waals surface area contributed by atoms with Crippen LogP contribution in [0.25, 0.3) is 0 Å². The fourth-order valence-electron chi connectivity index (χ4n) is 1.04. The molecule has 0 N–H and O–H groups in total. The largest absolute Gasteiger partial charge is 0.495 e. The summed E-state index contributed by atoms with van der Waals surface area (Å²) in [7, 11) is 3.68. The van der Waals surface area contributed by atoms with Gasteiger partial charge in [-0.2, -0.15) is 0 Å². The second-order valence-electron chi connectivity index (χ2n) is 4.29. The Morgan fingerprint density at radius 1 is 1.29 bits per heavy atom. The van der Waals surface area contributed by atoms with Gasteiger partial charge in [0.1, 0.15) is 11.6 Å². The number of hydrogen-bond donors (Lipinski definition) is 0. The highest BCUT2D eigenvalue weighted by molar-refractivity contribution is 5.42. The van der Waals surface area contributed by atoms with Crippen LogP contribution >= 0.6 is 0 Å². The third kappa shape index (κ3) is 2.37. The fourth-order valence-corrected chi connectivity index (χ4v) is 1.04. The van der Waals surface area contributed by atoms with E-state index in [1.807, 2.05) is 19.2 Å². The third-order valence-corrected chi connectivity index (χ3v) is 2.31. The van der Waals surface area contributed by atoms with Gasteiger partial charge in [-0.15, -0.1) is 0 Å². The lowest BCUT2D eigenvalue weighted by Crippen LogP contribution is -2.38. The Balaban J connectivity index is 2.87. The summed E-state index contributed by atoms with van der Waals surface area (Å²) in [5.41, 5.74) is 0.0849. The van der Waals surface area contributed by atoms with Gasteiger partial charge in [0.25, 0.3) is 0 Å². The van der Waals surface area contributed by atoms with Crippen LogP contribution in [0.2, 0.25) is 0 Å². The molecule has 0 aliphatic carbocycles. The van der Waals surface area contributed by atoms with Gasteiger partial charge in [0.15, 0.2) is 0 Å². The van der Waals surface area contributed by atoms with Crippen molar-refractivity contribution in [2.24, 2.45) is 0 Å². The van der Waals surface area contributed by atoms with Crippen molar-refractivity contribution in [3.05, 3.63) is 18.3 Å². The van der Waals surface area contributed by atoms with Gasteiger partial charge in [-0.25, -0.2) is 4.98 Å². The molecular formula is C11H18N2O. The molecule has 3 nitrogen and oxygen atoms in total. The van der Waals surface area contributed by atoms with E-state index in [9.17, 15) is 0 Å². The van der Waals surface area contributed by atoms with Crippen LogP contribution in [0.4, 0.5) is 5.82 Å². The lowest BCUT2D eigenvalue weighted by Gasteiger charge is -2.32. The van der Waals surface area contributed by atoms with Crippen LogP contribution in [0.3, 0.4) is 0 Å². The molecule has 0 saturated heterocycles. The minimum Gasteiger partial charge on any atom is -0.495 e. The third-order valence-electron chi connectivity index (χ3n) is 2.31. The molecule has 0 unspecified atom stereocenters. The summed E-state index contributed by atoms with van der Waals surface area (Å²) in [4.78, 5) is 6.45. The summed E-state index contributed by atoms with van der Waals surface area (Å²) >= 11 is 0. The SMILES string of the molecule is COc1ccc(N(C)C(C)(C)C)nc1. The van der Waals surface area contributed by atoms with E-state index in [1.54, 1.807) is 13.3 Å². The average Bonchev–Trinajstić information content (AvgIpc) is 2.15. The predicted octanol–water partition coefficient (Wildman–Crippen LogP) is 2.32. The highest BCUT2D eigenvalue weighted by Gasteiger charge is 2.17. The fraction of sp³-hybridized carbons (Fsp3) is 0.545. The minimum atomic E-state index is 0.0849. The van der Waals surface area contributed by atoms with Gasteiger partial charge in [0.05, 0.1) is 13.3 Å². The van der Waals surface area contributed by atoms with E-state index in [2.05, 4.69) is 30.7 Å². The number of rotatable bonds is 2. The second kappa shape index (κ2) is 3.86. The zero-order chi connectivity index (χ0) is 10.8. The van der Waals surface area contributed by atoms with Crippen LogP contribution in [-0.2, 0) is 0 Å². The monoisotopic (exact) mass is 194 g/mol. The molecule has 0 saturated carbocycles. The van der Waals surface area contributed by atoms with E-state index >= 15 is 0 Å². The van der Waals surface area contributed by atoms with Crippen molar-refractivity contribution in [3.63, 3.8) is 0 Å². The van der Waals surface area contributed by atoms with Crippen LogP contribution < -0.4 is 9.64 Å². The van der Waals surface area contributed by atoms with Crippen LogP contribution in [0.15, 0.2) is 18.3 Å². The Kier molecular flexibility index (Phi) is 2.99. The number of pyridine rings is 1. The van der Waals surface area contributed by atoms with Crippen molar-refractivity contribution in [2.45, 2.75) is 26.3 Å². The van der Waals surface area contributed by atoms with E-state index in [4.69, 9.17) is 4.74 Å². The first-order valence-corrected chi connectivity index (χ1v) is 4.69. The lowest BCUT2D eigenvalue weighted by molar-refractivity contribution is 0.412. The van der Waals surface area contributed by atoms with Gasteiger partial charge < -0.3 is 9.64 Å². The molecule has 3 heteroatoms. The smallest absolute Gasteiger partial charge is 0.137 e. The Morgan fingerprint density at radius 3 is 2.29 bits per heavy atom. The Hall–Kier alpha value is -1.25. The van der Waals surface area contributed by atoms with Gasteiger partial charge in [0.2, 0.25) is 0 Å². The van der Waals surface area contributed by atoms with Gasteiger partial charge in [-0.3, -0.25) is 0 Å². The van der Waals surface area contributed by atoms with E-state index in [1.165, 1.54) is 0 Å².